The summed E-state index contributed by atoms with van der Waals surface area (Å²) in [6.07, 6.45) is 1.88. The second-order valence-electron chi connectivity index (χ2n) is 5.02. The summed E-state index contributed by atoms with van der Waals surface area (Å²) in [7, 11) is 0. The van der Waals surface area contributed by atoms with Crippen molar-refractivity contribution in [1.29, 1.82) is 5.26 Å². The fraction of sp³-hybridized carbons (Fsp3) is 0.357. The number of nitrogens with zero attached hydrogens (tertiary/aromatic N) is 4. The van der Waals surface area contributed by atoms with Crippen molar-refractivity contribution in [3.05, 3.63) is 28.5 Å². The lowest BCUT2D eigenvalue weighted by molar-refractivity contribution is -0.0412. The van der Waals surface area contributed by atoms with Crippen LogP contribution in [0.3, 0.4) is 0 Å². The number of aromatic nitrogens is 2. The average molecular weight is 381 g/mol. The van der Waals surface area contributed by atoms with Crippen molar-refractivity contribution in [2.45, 2.75) is 6.10 Å². The maximum atomic E-state index is 11.0. The number of morpholine rings is 1. The Hall–Kier alpha value is -2.31. The summed E-state index contributed by atoms with van der Waals surface area (Å²) in [6.45, 7) is 1.23. The molecule has 0 saturated carbocycles. The van der Waals surface area contributed by atoms with Crippen LogP contribution in [0.5, 0.6) is 5.75 Å². The predicted octanol–water partition coefficient (Wildman–Crippen LogP) is 1.73. The van der Waals surface area contributed by atoms with Gasteiger partial charge in [0.25, 0.3) is 0 Å². The molecule has 1 saturated heterocycles. The lowest BCUT2D eigenvalue weighted by Gasteiger charge is -2.30. The van der Waals surface area contributed by atoms with Gasteiger partial charge in [-0.3, -0.25) is 0 Å². The normalized spacial score (nSPS) is 17.9. The van der Waals surface area contributed by atoms with Crippen molar-refractivity contribution in [3.63, 3.8) is 0 Å². The van der Waals surface area contributed by atoms with Gasteiger partial charge in [0.15, 0.2) is 0 Å². The number of hydrogen-bond donors (Lipinski definition) is 1. The minimum atomic E-state index is -0.956. The van der Waals surface area contributed by atoms with Crippen molar-refractivity contribution < 1.29 is 19.4 Å². The topological polar surface area (TPSA) is 100 Å². The van der Waals surface area contributed by atoms with Crippen LogP contribution >= 0.6 is 15.9 Å². The Balaban J connectivity index is 1.70. The Morgan fingerprint density at radius 3 is 3.22 bits per heavy atom. The molecule has 0 aliphatic carbocycles. The van der Waals surface area contributed by atoms with Crippen LogP contribution in [-0.2, 0) is 4.74 Å². The van der Waals surface area contributed by atoms with Crippen molar-refractivity contribution in [3.8, 4) is 11.8 Å². The van der Waals surface area contributed by atoms with Gasteiger partial charge < -0.3 is 19.5 Å². The monoisotopic (exact) mass is 380 g/mol. The van der Waals surface area contributed by atoms with E-state index < -0.39 is 6.09 Å². The van der Waals surface area contributed by atoms with E-state index in [-0.39, 0.29) is 19.3 Å². The molecule has 9 heteroatoms. The fourth-order valence-electron chi connectivity index (χ4n) is 2.39. The number of carboxylic acid groups (broad SMARTS) is 1. The summed E-state index contributed by atoms with van der Waals surface area (Å²) in [5, 5.41) is 22.2. The molecule has 23 heavy (non-hydrogen) atoms. The number of halogens is 1. The van der Waals surface area contributed by atoms with E-state index in [1.807, 2.05) is 0 Å². The van der Waals surface area contributed by atoms with Crippen LogP contribution in [0.2, 0.25) is 0 Å². The second-order valence-corrected chi connectivity index (χ2v) is 5.87. The highest BCUT2D eigenvalue weighted by atomic mass is 79.9. The maximum absolute atomic E-state index is 11.0. The van der Waals surface area contributed by atoms with Crippen LogP contribution in [-0.4, -0.2) is 58.1 Å². The van der Waals surface area contributed by atoms with Gasteiger partial charge in [-0.15, -0.1) is 0 Å². The molecule has 1 amide bonds. The van der Waals surface area contributed by atoms with Crippen molar-refractivity contribution in [2.24, 2.45) is 0 Å². The SMILES string of the molecule is N#Cc1cnn2cc(OC[C@H]3CN(C(=O)O)CCO3)cc(Br)c12. The second kappa shape index (κ2) is 6.44. The van der Waals surface area contributed by atoms with Crippen LogP contribution in [0.15, 0.2) is 22.9 Å². The van der Waals surface area contributed by atoms with Gasteiger partial charge in [0.1, 0.15) is 24.5 Å². The average Bonchev–Trinajstić information content (AvgIpc) is 2.97. The van der Waals surface area contributed by atoms with Crippen LogP contribution < -0.4 is 4.74 Å². The first kappa shape index (κ1) is 15.6. The quantitative estimate of drug-likeness (QED) is 0.869. The highest BCUT2D eigenvalue weighted by Crippen LogP contribution is 2.26. The van der Waals surface area contributed by atoms with Crippen molar-refractivity contribution in [2.75, 3.05) is 26.3 Å². The number of amides is 1. The number of fused-ring (bicyclic) bond motifs is 1. The smallest absolute Gasteiger partial charge is 0.407 e. The Labute approximate surface area is 139 Å². The van der Waals surface area contributed by atoms with Gasteiger partial charge in [0.2, 0.25) is 0 Å². The number of nitriles is 1. The summed E-state index contributed by atoms with van der Waals surface area (Å²) in [5.41, 5.74) is 1.14. The summed E-state index contributed by atoms with van der Waals surface area (Å²) in [6, 6.07) is 3.82. The van der Waals surface area contributed by atoms with Gasteiger partial charge in [0, 0.05) is 11.0 Å². The van der Waals surface area contributed by atoms with E-state index in [9.17, 15) is 4.79 Å². The minimum Gasteiger partial charge on any atom is -0.489 e. The van der Waals surface area contributed by atoms with Gasteiger partial charge in [0.05, 0.1) is 36.6 Å². The molecule has 0 bridgehead atoms. The minimum absolute atomic E-state index is 0.230. The lowest BCUT2D eigenvalue weighted by Crippen LogP contribution is -2.47. The summed E-state index contributed by atoms with van der Waals surface area (Å²) in [5.74, 6) is 0.549. The highest BCUT2D eigenvalue weighted by molar-refractivity contribution is 9.10. The molecule has 1 aliphatic rings. The Morgan fingerprint density at radius 2 is 2.48 bits per heavy atom. The van der Waals surface area contributed by atoms with E-state index in [0.717, 1.165) is 0 Å². The van der Waals surface area contributed by atoms with Crippen LogP contribution in [0, 0.1) is 11.3 Å². The maximum Gasteiger partial charge on any atom is 0.407 e. The molecular weight excluding hydrogens is 368 g/mol. The molecule has 1 N–H and O–H groups in total. The number of carbonyl (C=O) groups is 1. The van der Waals surface area contributed by atoms with E-state index in [4.69, 9.17) is 19.8 Å². The van der Waals surface area contributed by atoms with E-state index in [2.05, 4.69) is 27.1 Å². The molecule has 0 unspecified atom stereocenters. The van der Waals surface area contributed by atoms with Crippen molar-refractivity contribution in [1.82, 2.24) is 14.5 Å². The molecular formula is C14H13BrN4O4. The van der Waals surface area contributed by atoms with Gasteiger partial charge in [-0.2, -0.15) is 10.4 Å². The number of rotatable bonds is 3. The first-order valence-electron chi connectivity index (χ1n) is 6.87. The third-order valence-corrected chi connectivity index (χ3v) is 4.11. The Kier molecular flexibility index (Phi) is 4.36. The van der Waals surface area contributed by atoms with Crippen molar-refractivity contribution >= 4 is 27.5 Å². The number of pyridine rings is 1. The predicted molar refractivity (Wildman–Crippen MR) is 82.4 cm³/mol. The van der Waals surface area contributed by atoms with E-state index in [0.29, 0.717) is 34.5 Å². The third-order valence-electron chi connectivity index (χ3n) is 3.51. The molecule has 120 valence electrons. The summed E-state index contributed by atoms with van der Waals surface area (Å²) >= 11 is 3.40. The van der Waals surface area contributed by atoms with E-state index in [1.54, 1.807) is 16.8 Å². The zero-order valence-electron chi connectivity index (χ0n) is 12.0. The van der Waals surface area contributed by atoms with E-state index >= 15 is 0 Å². The van der Waals surface area contributed by atoms with Gasteiger partial charge in [-0.1, -0.05) is 0 Å². The summed E-state index contributed by atoms with van der Waals surface area (Å²) in [4.78, 5) is 12.3. The highest BCUT2D eigenvalue weighted by Gasteiger charge is 2.24. The zero-order chi connectivity index (χ0) is 16.4. The van der Waals surface area contributed by atoms with Gasteiger partial charge >= 0.3 is 6.09 Å². The first-order valence-corrected chi connectivity index (χ1v) is 7.67. The van der Waals surface area contributed by atoms with Crippen LogP contribution in [0.4, 0.5) is 4.79 Å². The molecule has 3 rings (SSSR count). The Bertz CT molecular complexity index is 785. The van der Waals surface area contributed by atoms with E-state index in [1.165, 1.54) is 11.1 Å². The third kappa shape index (κ3) is 3.23. The molecule has 1 aliphatic heterocycles. The molecule has 0 radical (unpaired) electrons. The molecule has 3 heterocycles. The standard InChI is InChI=1S/C14H13BrN4O4/c15-12-3-10(7-19-13(12)9(4-16)5-17-19)23-8-11-6-18(14(20)21)1-2-22-11/h3,5,7,11H,1-2,6,8H2,(H,20,21)/t11-/m1/s1. The molecule has 0 aromatic carbocycles. The first-order chi connectivity index (χ1) is 11.1. The fourth-order valence-corrected chi connectivity index (χ4v) is 3.01. The number of hydrogen-bond acceptors (Lipinski definition) is 5. The lowest BCUT2D eigenvalue weighted by atomic mass is 10.3. The zero-order valence-corrected chi connectivity index (χ0v) is 13.6. The molecule has 8 nitrogen and oxygen atoms in total. The largest absolute Gasteiger partial charge is 0.489 e. The molecule has 2 aromatic rings. The van der Waals surface area contributed by atoms with Crippen LogP contribution in [0.25, 0.3) is 5.52 Å². The molecule has 0 spiro atoms. The summed E-state index contributed by atoms with van der Waals surface area (Å²) < 4.78 is 13.5. The van der Waals surface area contributed by atoms with Gasteiger partial charge in [-0.05, 0) is 22.0 Å². The van der Waals surface area contributed by atoms with Crippen LogP contribution in [0.1, 0.15) is 5.56 Å². The molecule has 1 fully saturated rings. The molecule has 2 aromatic heterocycles. The number of ether oxygens (including phenoxy) is 2. The Morgan fingerprint density at radius 1 is 1.65 bits per heavy atom. The molecule has 1 atom stereocenters. The van der Waals surface area contributed by atoms with Gasteiger partial charge in [-0.25, -0.2) is 9.31 Å².